The SMILES string of the molecule is CCCCOc1ccc(-c2nnc(SCC(=O)Nc3ccccc3F)n2C)cc1. The summed E-state index contributed by atoms with van der Waals surface area (Å²) in [7, 11) is 1.85. The molecule has 8 heteroatoms. The molecule has 0 aliphatic carbocycles. The summed E-state index contributed by atoms with van der Waals surface area (Å²) >= 11 is 1.24. The molecule has 0 aliphatic heterocycles. The Hall–Kier alpha value is -2.87. The van der Waals surface area contributed by atoms with E-state index in [2.05, 4.69) is 22.4 Å². The van der Waals surface area contributed by atoms with Crippen LogP contribution in [-0.2, 0) is 11.8 Å². The Bertz CT molecular complexity index is 960. The highest BCUT2D eigenvalue weighted by Gasteiger charge is 2.14. The molecule has 1 N–H and O–H groups in total. The van der Waals surface area contributed by atoms with Crippen LogP contribution in [0.15, 0.2) is 53.7 Å². The van der Waals surface area contributed by atoms with Crippen LogP contribution in [-0.4, -0.2) is 33.0 Å². The van der Waals surface area contributed by atoms with Crippen molar-refractivity contribution in [3.05, 3.63) is 54.3 Å². The Morgan fingerprint density at radius 2 is 1.93 bits per heavy atom. The van der Waals surface area contributed by atoms with Crippen LogP contribution in [0.5, 0.6) is 5.75 Å². The lowest BCUT2D eigenvalue weighted by atomic mass is 10.2. The summed E-state index contributed by atoms with van der Waals surface area (Å²) < 4.78 is 21.1. The Morgan fingerprint density at radius 1 is 1.17 bits per heavy atom. The topological polar surface area (TPSA) is 69.0 Å². The quantitative estimate of drug-likeness (QED) is 0.411. The molecule has 0 atom stereocenters. The number of amides is 1. The highest BCUT2D eigenvalue weighted by Crippen LogP contribution is 2.25. The number of carbonyl (C=O) groups excluding carboxylic acids is 1. The second kappa shape index (κ2) is 10.1. The average Bonchev–Trinajstić information content (AvgIpc) is 3.09. The van der Waals surface area contributed by atoms with E-state index in [1.165, 1.54) is 23.9 Å². The summed E-state index contributed by atoms with van der Waals surface area (Å²) in [5.74, 6) is 0.850. The number of carbonyl (C=O) groups is 1. The summed E-state index contributed by atoms with van der Waals surface area (Å²) in [5, 5.41) is 11.6. The molecule has 0 radical (unpaired) electrons. The zero-order chi connectivity index (χ0) is 20.6. The van der Waals surface area contributed by atoms with Gasteiger partial charge in [-0.3, -0.25) is 4.79 Å². The van der Waals surface area contributed by atoms with Crippen molar-refractivity contribution < 1.29 is 13.9 Å². The van der Waals surface area contributed by atoms with Crippen molar-refractivity contribution in [2.45, 2.75) is 24.9 Å². The minimum Gasteiger partial charge on any atom is -0.494 e. The molecule has 0 spiro atoms. The molecule has 0 saturated carbocycles. The van der Waals surface area contributed by atoms with Crippen LogP contribution in [0.4, 0.5) is 10.1 Å². The third-order valence-corrected chi connectivity index (χ3v) is 5.21. The van der Waals surface area contributed by atoms with E-state index in [1.54, 1.807) is 12.1 Å². The molecule has 2 aromatic carbocycles. The third kappa shape index (κ3) is 5.57. The fraction of sp³-hybridized carbons (Fsp3) is 0.286. The minimum atomic E-state index is -0.464. The van der Waals surface area contributed by atoms with Gasteiger partial charge in [0.05, 0.1) is 18.0 Å². The maximum absolute atomic E-state index is 13.6. The van der Waals surface area contributed by atoms with E-state index in [0.29, 0.717) is 17.6 Å². The van der Waals surface area contributed by atoms with Gasteiger partial charge in [-0.15, -0.1) is 10.2 Å². The van der Waals surface area contributed by atoms with E-state index in [9.17, 15) is 9.18 Å². The Kier molecular flexibility index (Phi) is 7.24. The molecular formula is C21H23FN4O2S. The van der Waals surface area contributed by atoms with Crippen LogP contribution in [0.25, 0.3) is 11.4 Å². The van der Waals surface area contributed by atoms with Crippen molar-refractivity contribution in [2.24, 2.45) is 7.05 Å². The van der Waals surface area contributed by atoms with E-state index in [4.69, 9.17) is 4.74 Å². The van der Waals surface area contributed by atoms with E-state index >= 15 is 0 Å². The molecule has 152 valence electrons. The van der Waals surface area contributed by atoms with Gasteiger partial charge in [0.1, 0.15) is 11.6 Å². The lowest BCUT2D eigenvalue weighted by Gasteiger charge is -2.07. The number of rotatable bonds is 9. The highest BCUT2D eigenvalue weighted by atomic mass is 32.2. The number of aromatic nitrogens is 3. The van der Waals surface area contributed by atoms with Gasteiger partial charge < -0.3 is 14.6 Å². The Morgan fingerprint density at radius 3 is 2.66 bits per heavy atom. The van der Waals surface area contributed by atoms with E-state index in [-0.39, 0.29) is 17.3 Å². The third-order valence-electron chi connectivity index (χ3n) is 4.19. The monoisotopic (exact) mass is 414 g/mol. The van der Waals surface area contributed by atoms with Gasteiger partial charge in [-0.25, -0.2) is 4.39 Å². The minimum absolute atomic E-state index is 0.102. The first-order chi connectivity index (χ1) is 14.1. The van der Waals surface area contributed by atoms with Crippen molar-refractivity contribution in [1.29, 1.82) is 0 Å². The Labute approximate surface area is 173 Å². The average molecular weight is 415 g/mol. The molecule has 0 fully saturated rings. The van der Waals surface area contributed by atoms with Gasteiger partial charge in [-0.05, 0) is 42.8 Å². The van der Waals surface area contributed by atoms with Crippen LogP contribution in [0.2, 0.25) is 0 Å². The van der Waals surface area contributed by atoms with Gasteiger partial charge in [-0.2, -0.15) is 0 Å². The number of para-hydroxylation sites is 1. The van der Waals surface area contributed by atoms with Crippen LogP contribution in [0.1, 0.15) is 19.8 Å². The van der Waals surface area contributed by atoms with Crippen molar-refractivity contribution in [2.75, 3.05) is 17.7 Å². The number of thioether (sulfide) groups is 1. The lowest BCUT2D eigenvalue weighted by Crippen LogP contribution is -2.15. The van der Waals surface area contributed by atoms with E-state index in [1.807, 2.05) is 35.9 Å². The molecular weight excluding hydrogens is 391 g/mol. The predicted octanol–water partition coefficient (Wildman–Crippen LogP) is 4.53. The molecule has 1 heterocycles. The van der Waals surface area contributed by atoms with Gasteiger partial charge in [0, 0.05) is 12.6 Å². The molecule has 0 aliphatic rings. The van der Waals surface area contributed by atoms with E-state index < -0.39 is 5.82 Å². The number of ether oxygens (including phenoxy) is 1. The second-order valence-corrected chi connectivity index (χ2v) is 7.35. The van der Waals surface area contributed by atoms with Crippen LogP contribution < -0.4 is 10.1 Å². The number of unbranched alkanes of at least 4 members (excludes halogenated alkanes) is 1. The normalized spacial score (nSPS) is 10.7. The maximum Gasteiger partial charge on any atom is 0.234 e. The largest absolute Gasteiger partial charge is 0.494 e. The Balaban J connectivity index is 1.59. The summed E-state index contributed by atoms with van der Waals surface area (Å²) in [4.78, 5) is 12.1. The molecule has 0 unspecified atom stereocenters. The first-order valence-corrected chi connectivity index (χ1v) is 10.4. The zero-order valence-electron chi connectivity index (χ0n) is 16.4. The molecule has 6 nitrogen and oxygen atoms in total. The van der Waals surface area contributed by atoms with E-state index in [0.717, 1.165) is 24.2 Å². The lowest BCUT2D eigenvalue weighted by molar-refractivity contribution is -0.113. The second-order valence-electron chi connectivity index (χ2n) is 6.41. The molecule has 29 heavy (non-hydrogen) atoms. The van der Waals surface area contributed by atoms with Crippen LogP contribution in [0, 0.1) is 5.82 Å². The predicted molar refractivity (Wildman–Crippen MR) is 113 cm³/mol. The van der Waals surface area contributed by atoms with Gasteiger partial charge >= 0.3 is 0 Å². The van der Waals surface area contributed by atoms with Gasteiger partial charge in [0.2, 0.25) is 5.91 Å². The van der Waals surface area contributed by atoms with Crippen molar-refractivity contribution in [3.8, 4) is 17.1 Å². The summed E-state index contributed by atoms with van der Waals surface area (Å²) in [6.07, 6.45) is 2.12. The fourth-order valence-electron chi connectivity index (χ4n) is 2.61. The molecule has 1 aromatic heterocycles. The molecule has 3 aromatic rings. The van der Waals surface area contributed by atoms with Crippen molar-refractivity contribution >= 4 is 23.4 Å². The maximum atomic E-state index is 13.6. The number of hydrogen-bond donors (Lipinski definition) is 1. The fourth-order valence-corrected chi connectivity index (χ4v) is 3.32. The standard InChI is InChI=1S/C21H23FN4O2S/c1-3-4-13-28-16-11-9-15(10-12-16)20-24-25-21(26(20)2)29-14-19(27)23-18-8-6-5-7-17(18)22/h5-12H,3-4,13-14H2,1-2H3,(H,23,27). The molecule has 1 amide bonds. The number of nitrogens with one attached hydrogen (secondary N) is 1. The summed E-state index contributed by atoms with van der Waals surface area (Å²) in [6, 6.07) is 13.8. The first-order valence-electron chi connectivity index (χ1n) is 9.38. The number of hydrogen-bond acceptors (Lipinski definition) is 5. The van der Waals surface area contributed by atoms with Crippen LogP contribution >= 0.6 is 11.8 Å². The van der Waals surface area contributed by atoms with Gasteiger partial charge in [-0.1, -0.05) is 37.2 Å². The van der Waals surface area contributed by atoms with Crippen molar-refractivity contribution in [1.82, 2.24) is 14.8 Å². The number of nitrogens with zero attached hydrogens (tertiary/aromatic N) is 3. The smallest absolute Gasteiger partial charge is 0.234 e. The number of anilines is 1. The first kappa shape index (κ1) is 20.9. The number of halogens is 1. The van der Waals surface area contributed by atoms with Gasteiger partial charge in [0.25, 0.3) is 0 Å². The van der Waals surface area contributed by atoms with Gasteiger partial charge in [0.15, 0.2) is 11.0 Å². The molecule has 0 bridgehead atoms. The molecule has 0 saturated heterocycles. The highest BCUT2D eigenvalue weighted by molar-refractivity contribution is 7.99. The number of benzene rings is 2. The van der Waals surface area contributed by atoms with Crippen LogP contribution in [0.3, 0.4) is 0 Å². The zero-order valence-corrected chi connectivity index (χ0v) is 17.2. The summed E-state index contributed by atoms with van der Waals surface area (Å²) in [6.45, 7) is 2.83. The molecule has 3 rings (SSSR count). The van der Waals surface area contributed by atoms with Crippen molar-refractivity contribution in [3.63, 3.8) is 0 Å². The summed E-state index contributed by atoms with van der Waals surface area (Å²) in [5.41, 5.74) is 1.07.